The molecule has 3 rings (SSSR count). The number of imidazole rings is 1. The molecule has 0 unspecified atom stereocenters. The Morgan fingerprint density at radius 3 is 2.61 bits per heavy atom. The zero-order valence-electron chi connectivity index (χ0n) is 16.1. The van der Waals surface area contributed by atoms with Gasteiger partial charge in [-0.3, -0.25) is 4.79 Å². The fraction of sp³-hybridized carbons (Fsp3) is 0.273. The van der Waals surface area contributed by atoms with Crippen LogP contribution in [0.25, 0.3) is 11.1 Å². The molecule has 0 fully saturated rings. The van der Waals surface area contributed by atoms with Crippen LogP contribution in [0, 0.1) is 6.92 Å². The monoisotopic (exact) mass is 379 g/mol. The number of rotatable bonds is 8. The van der Waals surface area contributed by atoms with E-state index in [1.54, 1.807) is 17.7 Å². The van der Waals surface area contributed by atoms with Crippen LogP contribution in [-0.4, -0.2) is 33.3 Å². The number of hydrogen-bond acceptors (Lipinski definition) is 4. The third-order valence-corrected chi connectivity index (χ3v) is 4.70. The zero-order chi connectivity index (χ0) is 20.1. The molecule has 0 saturated carbocycles. The van der Waals surface area contributed by atoms with Gasteiger partial charge in [0.15, 0.2) is 0 Å². The molecule has 28 heavy (non-hydrogen) atoms. The van der Waals surface area contributed by atoms with Crippen molar-refractivity contribution in [2.24, 2.45) is 5.73 Å². The fourth-order valence-corrected chi connectivity index (χ4v) is 3.09. The van der Waals surface area contributed by atoms with E-state index in [2.05, 4.69) is 36.2 Å². The van der Waals surface area contributed by atoms with Gasteiger partial charge in [-0.15, -0.1) is 0 Å². The lowest BCUT2D eigenvalue weighted by Crippen LogP contribution is -2.23. The van der Waals surface area contributed by atoms with E-state index in [1.165, 1.54) is 11.9 Å². The zero-order valence-corrected chi connectivity index (χ0v) is 16.1. The molecule has 0 saturated heterocycles. The number of benzene rings is 2. The molecule has 0 aliphatic carbocycles. The first kappa shape index (κ1) is 19.6. The molecule has 0 aliphatic heterocycles. The average Bonchev–Trinajstić information content (AvgIpc) is 3.16. The van der Waals surface area contributed by atoms with Crippen molar-refractivity contribution in [2.75, 3.05) is 6.61 Å². The van der Waals surface area contributed by atoms with E-state index in [0.29, 0.717) is 13.0 Å². The van der Waals surface area contributed by atoms with E-state index in [4.69, 9.17) is 10.5 Å². The molecule has 0 radical (unpaired) electrons. The van der Waals surface area contributed by atoms with Crippen molar-refractivity contribution in [3.05, 3.63) is 72.3 Å². The van der Waals surface area contributed by atoms with Gasteiger partial charge in [-0.2, -0.15) is 0 Å². The summed E-state index contributed by atoms with van der Waals surface area (Å²) in [5.74, 6) is 0.179. The van der Waals surface area contributed by atoms with Crippen LogP contribution in [-0.2, 0) is 0 Å². The third kappa shape index (κ3) is 4.78. The number of primary amides is 1. The number of carbonyl (C=O) groups excluding carboxylic acids is 1. The highest BCUT2D eigenvalue weighted by Crippen LogP contribution is 2.25. The molecule has 0 aliphatic rings. The van der Waals surface area contributed by atoms with Crippen molar-refractivity contribution in [3.63, 3.8) is 0 Å². The van der Waals surface area contributed by atoms with Crippen molar-refractivity contribution in [3.8, 4) is 16.9 Å². The van der Waals surface area contributed by atoms with Crippen LogP contribution >= 0.6 is 0 Å². The normalized spacial score (nSPS) is 13.1. The Balaban J connectivity index is 1.65. The number of aliphatic hydroxyl groups is 1. The highest BCUT2D eigenvalue weighted by atomic mass is 16.5. The molecule has 6 heteroatoms. The standard InChI is InChI=1S/C22H25N3O3/c1-15-6-8-17(9-7-15)18-4-3-5-19(12-18)28-11-10-21(16(2)26)25-13-20(22(23)27)24-14-25/h3-9,12-14,16,21,26H,10-11H2,1-2H3,(H2,23,27)/t16-,21+/m0/s1. The lowest BCUT2D eigenvalue weighted by molar-refractivity contribution is 0.0993. The summed E-state index contributed by atoms with van der Waals surface area (Å²) in [5, 5.41) is 10.1. The number of amides is 1. The first-order chi connectivity index (χ1) is 13.4. The number of nitrogens with zero attached hydrogens (tertiary/aromatic N) is 2. The van der Waals surface area contributed by atoms with Gasteiger partial charge in [0.1, 0.15) is 11.4 Å². The second-order valence-corrected chi connectivity index (χ2v) is 6.91. The van der Waals surface area contributed by atoms with Crippen molar-refractivity contribution >= 4 is 5.91 Å². The Labute approximate surface area is 164 Å². The number of carbonyl (C=O) groups is 1. The minimum Gasteiger partial charge on any atom is -0.493 e. The summed E-state index contributed by atoms with van der Waals surface area (Å²) >= 11 is 0. The van der Waals surface area contributed by atoms with E-state index in [1.807, 2.05) is 24.3 Å². The topological polar surface area (TPSA) is 90.4 Å². The molecule has 3 N–H and O–H groups in total. The van der Waals surface area contributed by atoms with Crippen LogP contribution in [0.4, 0.5) is 0 Å². The summed E-state index contributed by atoms with van der Waals surface area (Å²) in [7, 11) is 0. The molecular weight excluding hydrogens is 354 g/mol. The van der Waals surface area contributed by atoms with Crippen molar-refractivity contribution in [1.29, 1.82) is 0 Å². The molecule has 1 heterocycles. The van der Waals surface area contributed by atoms with Gasteiger partial charge in [0.2, 0.25) is 0 Å². The summed E-state index contributed by atoms with van der Waals surface area (Å²) in [6.07, 6.45) is 2.99. The smallest absolute Gasteiger partial charge is 0.268 e. The largest absolute Gasteiger partial charge is 0.493 e. The Hall–Kier alpha value is -3.12. The van der Waals surface area contributed by atoms with Gasteiger partial charge in [0, 0.05) is 12.6 Å². The van der Waals surface area contributed by atoms with Gasteiger partial charge in [-0.1, -0.05) is 42.0 Å². The lowest BCUT2D eigenvalue weighted by Gasteiger charge is -2.21. The highest BCUT2D eigenvalue weighted by molar-refractivity contribution is 5.90. The van der Waals surface area contributed by atoms with Crippen LogP contribution in [0.15, 0.2) is 61.1 Å². The van der Waals surface area contributed by atoms with Gasteiger partial charge < -0.3 is 20.1 Å². The van der Waals surface area contributed by atoms with Crippen LogP contribution in [0.3, 0.4) is 0 Å². The molecule has 1 amide bonds. The van der Waals surface area contributed by atoms with Crippen molar-refractivity contribution < 1.29 is 14.6 Å². The average molecular weight is 379 g/mol. The first-order valence-electron chi connectivity index (χ1n) is 9.25. The Morgan fingerprint density at radius 2 is 1.96 bits per heavy atom. The molecule has 0 spiro atoms. The number of aliphatic hydroxyl groups excluding tert-OH is 1. The van der Waals surface area contributed by atoms with Crippen molar-refractivity contribution in [1.82, 2.24) is 9.55 Å². The quantitative estimate of drug-likeness (QED) is 0.628. The third-order valence-electron chi connectivity index (χ3n) is 4.70. The highest BCUT2D eigenvalue weighted by Gasteiger charge is 2.18. The van der Waals surface area contributed by atoms with Crippen molar-refractivity contribution in [2.45, 2.75) is 32.4 Å². The first-order valence-corrected chi connectivity index (χ1v) is 9.25. The maximum Gasteiger partial charge on any atom is 0.268 e. The van der Waals surface area contributed by atoms with E-state index in [0.717, 1.165) is 16.9 Å². The maximum absolute atomic E-state index is 11.2. The number of ether oxygens (including phenoxy) is 1. The van der Waals surface area contributed by atoms with E-state index in [-0.39, 0.29) is 11.7 Å². The molecule has 3 aromatic rings. The van der Waals surface area contributed by atoms with Gasteiger partial charge in [0.05, 0.1) is 25.1 Å². The SMILES string of the molecule is Cc1ccc(-c2cccc(OCC[C@H]([C@H](C)O)n3cnc(C(N)=O)c3)c2)cc1. The lowest BCUT2D eigenvalue weighted by atomic mass is 10.0. The maximum atomic E-state index is 11.2. The van der Waals surface area contributed by atoms with E-state index < -0.39 is 12.0 Å². The van der Waals surface area contributed by atoms with E-state index in [9.17, 15) is 9.90 Å². The number of aryl methyl sites for hydroxylation is 1. The Kier molecular flexibility index (Phi) is 6.11. The number of aromatic nitrogens is 2. The number of nitrogens with two attached hydrogens (primary N) is 1. The molecular formula is C22H25N3O3. The minimum atomic E-state index is -0.627. The van der Waals surface area contributed by atoms with Gasteiger partial charge in [0.25, 0.3) is 5.91 Å². The molecule has 1 aromatic heterocycles. The Bertz CT molecular complexity index is 932. The molecule has 146 valence electrons. The molecule has 6 nitrogen and oxygen atoms in total. The summed E-state index contributed by atoms with van der Waals surface area (Å²) in [6.45, 7) is 4.18. The van der Waals surface area contributed by atoms with Crippen LogP contribution < -0.4 is 10.5 Å². The van der Waals surface area contributed by atoms with Crippen LogP contribution in [0.1, 0.15) is 35.4 Å². The van der Waals surface area contributed by atoms with Crippen LogP contribution in [0.2, 0.25) is 0 Å². The minimum absolute atomic E-state index is 0.178. The summed E-state index contributed by atoms with van der Waals surface area (Å²) < 4.78 is 7.62. The van der Waals surface area contributed by atoms with Gasteiger partial charge in [-0.05, 0) is 37.1 Å². The molecule has 2 aromatic carbocycles. The second-order valence-electron chi connectivity index (χ2n) is 6.91. The van der Waals surface area contributed by atoms with Gasteiger partial charge >= 0.3 is 0 Å². The second kappa shape index (κ2) is 8.71. The fourth-order valence-electron chi connectivity index (χ4n) is 3.09. The summed E-state index contributed by atoms with van der Waals surface area (Å²) in [6, 6.07) is 16.0. The predicted octanol–water partition coefficient (Wildman–Crippen LogP) is 3.35. The predicted molar refractivity (Wildman–Crippen MR) is 108 cm³/mol. The molecule has 2 atom stereocenters. The number of hydrogen-bond donors (Lipinski definition) is 2. The summed E-state index contributed by atoms with van der Waals surface area (Å²) in [5.41, 5.74) is 8.87. The summed E-state index contributed by atoms with van der Waals surface area (Å²) in [4.78, 5) is 15.2. The van der Waals surface area contributed by atoms with Crippen LogP contribution in [0.5, 0.6) is 5.75 Å². The Morgan fingerprint density at radius 1 is 1.21 bits per heavy atom. The van der Waals surface area contributed by atoms with E-state index >= 15 is 0 Å². The van der Waals surface area contributed by atoms with Gasteiger partial charge in [-0.25, -0.2) is 4.98 Å². The molecule has 0 bridgehead atoms.